The fourth-order valence-electron chi connectivity index (χ4n) is 0.889. The zero-order chi connectivity index (χ0) is 9.84. The molecule has 0 atom stereocenters. The Hall–Kier alpha value is -1.58. The van der Waals surface area contributed by atoms with E-state index in [0.717, 1.165) is 11.6 Å². The Morgan fingerprint density at radius 3 is 2.85 bits per heavy atom. The van der Waals surface area contributed by atoms with Crippen LogP contribution in [0.2, 0.25) is 0 Å². The van der Waals surface area contributed by atoms with Crippen molar-refractivity contribution in [3.05, 3.63) is 24.0 Å². The Morgan fingerprint density at radius 1 is 1.69 bits per heavy atom. The third-order valence-corrected chi connectivity index (χ3v) is 1.57. The van der Waals surface area contributed by atoms with Crippen molar-refractivity contribution in [1.29, 1.82) is 0 Å². The van der Waals surface area contributed by atoms with E-state index in [1.54, 1.807) is 10.9 Å². The lowest BCUT2D eigenvalue weighted by molar-refractivity contribution is -0.131. The van der Waals surface area contributed by atoms with E-state index in [2.05, 4.69) is 5.10 Å². The zero-order valence-electron chi connectivity index (χ0n) is 7.64. The predicted octanol–water partition coefficient (Wildman–Crippen LogP) is 1.56. The molecule has 0 amide bonds. The number of hydrogen-bond acceptors (Lipinski definition) is 2. The van der Waals surface area contributed by atoms with Crippen molar-refractivity contribution < 1.29 is 9.90 Å². The zero-order valence-corrected chi connectivity index (χ0v) is 7.64. The van der Waals surface area contributed by atoms with E-state index in [1.165, 1.54) is 6.08 Å². The topological polar surface area (TPSA) is 55.1 Å². The van der Waals surface area contributed by atoms with E-state index < -0.39 is 5.97 Å². The normalized spacial score (nSPS) is 11.3. The van der Waals surface area contributed by atoms with Crippen LogP contribution >= 0.6 is 0 Å². The summed E-state index contributed by atoms with van der Waals surface area (Å²) in [6, 6.07) is 0.298. The highest BCUT2D eigenvalue weighted by molar-refractivity contribution is 5.85. The van der Waals surface area contributed by atoms with Crippen molar-refractivity contribution >= 4 is 12.0 Å². The fraction of sp³-hybridized carbons (Fsp3) is 0.333. The molecule has 1 N–H and O–H groups in total. The van der Waals surface area contributed by atoms with E-state index >= 15 is 0 Å². The number of aliphatic carboxylic acids is 1. The summed E-state index contributed by atoms with van der Waals surface area (Å²) in [6.07, 6.45) is 6.07. The van der Waals surface area contributed by atoms with Gasteiger partial charge in [0.15, 0.2) is 0 Å². The van der Waals surface area contributed by atoms with Crippen LogP contribution in [0.25, 0.3) is 6.08 Å². The van der Waals surface area contributed by atoms with E-state index in [9.17, 15) is 4.79 Å². The van der Waals surface area contributed by atoms with Gasteiger partial charge in [0.25, 0.3) is 0 Å². The van der Waals surface area contributed by atoms with Crippen molar-refractivity contribution in [2.24, 2.45) is 0 Å². The largest absolute Gasteiger partial charge is 0.478 e. The third-order valence-electron chi connectivity index (χ3n) is 1.57. The van der Waals surface area contributed by atoms with E-state index in [4.69, 9.17) is 5.11 Å². The number of nitrogens with zero attached hydrogens (tertiary/aromatic N) is 2. The first-order valence-electron chi connectivity index (χ1n) is 4.05. The van der Waals surface area contributed by atoms with Crippen molar-refractivity contribution in [3.63, 3.8) is 0 Å². The molecule has 0 saturated carbocycles. The highest BCUT2D eigenvalue weighted by atomic mass is 16.4. The molecule has 0 radical (unpaired) electrons. The van der Waals surface area contributed by atoms with Gasteiger partial charge >= 0.3 is 5.97 Å². The van der Waals surface area contributed by atoms with Gasteiger partial charge in [-0.25, -0.2) is 4.79 Å². The smallest absolute Gasteiger partial charge is 0.328 e. The second-order valence-corrected chi connectivity index (χ2v) is 3.02. The summed E-state index contributed by atoms with van der Waals surface area (Å²) in [7, 11) is 0. The van der Waals surface area contributed by atoms with E-state index in [1.807, 2.05) is 20.0 Å². The molecule has 1 aromatic heterocycles. The molecule has 4 heteroatoms. The minimum atomic E-state index is -0.947. The molecule has 0 saturated heterocycles. The van der Waals surface area contributed by atoms with Crippen LogP contribution in [0.5, 0.6) is 0 Å². The summed E-state index contributed by atoms with van der Waals surface area (Å²) in [5, 5.41) is 12.4. The number of hydrogen-bond donors (Lipinski definition) is 1. The molecule has 1 rings (SSSR count). The van der Waals surface area contributed by atoms with Gasteiger partial charge in [-0.05, 0) is 19.9 Å². The second kappa shape index (κ2) is 3.89. The molecule has 4 nitrogen and oxygen atoms in total. The summed E-state index contributed by atoms with van der Waals surface area (Å²) < 4.78 is 1.78. The average Bonchev–Trinajstić information content (AvgIpc) is 2.48. The molecule has 0 aliphatic rings. The number of carboxylic acid groups (broad SMARTS) is 1. The Labute approximate surface area is 76.5 Å². The van der Waals surface area contributed by atoms with Gasteiger partial charge in [0, 0.05) is 23.9 Å². The lowest BCUT2D eigenvalue weighted by atomic mass is 10.3. The van der Waals surface area contributed by atoms with Crippen LogP contribution < -0.4 is 0 Å². The molecule has 0 fully saturated rings. The SMILES string of the molecule is CC(C)n1cc(/C=C/C(=O)O)cn1. The molecule has 0 bridgehead atoms. The minimum Gasteiger partial charge on any atom is -0.478 e. The van der Waals surface area contributed by atoms with Crippen molar-refractivity contribution in [2.45, 2.75) is 19.9 Å². The first-order chi connectivity index (χ1) is 6.09. The summed E-state index contributed by atoms with van der Waals surface area (Å²) in [4.78, 5) is 10.2. The molecule has 0 aromatic carbocycles. The molecule has 0 aliphatic heterocycles. The Balaban J connectivity index is 2.75. The van der Waals surface area contributed by atoms with Gasteiger partial charge in [-0.1, -0.05) is 0 Å². The minimum absolute atomic E-state index is 0.298. The van der Waals surface area contributed by atoms with E-state index in [-0.39, 0.29) is 0 Å². The molecule has 0 spiro atoms. The summed E-state index contributed by atoms with van der Waals surface area (Å²) in [5.41, 5.74) is 0.802. The van der Waals surface area contributed by atoms with Crippen LogP contribution in [0, 0.1) is 0 Å². The molecule has 70 valence electrons. The second-order valence-electron chi connectivity index (χ2n) is 3.02. The Morgan fingerprint density at radius 2 is 2.38 bits per heavy atom. The average molecular weight is 180 g/mol. The van der Waals surface area contributed by atoms with Crippen molar-refractivity contribution in [1.82, 2.24) is 9.78 Å². The maximum atomic E-state index is 10.2. The van der Waals surface area contributed by atoms with Crippen LogP contribution in [-0.2, 0) is 4.79 Å². The lowest BCUT2D eigenvalue weighted by Gasteiger charge is -2.02. The first kappa shape index (κ1) is 9.51. The lowest BCUT2D eigenvalue weighted by Crippen LogP contribution is -1.99. The van der Waals surface area contributed by atoms with Crippen LogP contribution in [-0.4, -0.2) is 20.9 Å². The number of aromatic nitrogens is 2. The van der Waals surface area contributed by atoms with Gasteiger partial charge in [0.1, 0.15) is 0 Å². The van der Waals surface area contributed by atoms with Crippen LogP contribution in [0.3, 0.4) is 0 Å². The third kappa shape index (κ3) is 2.74. The van der Waals surface area contributed by atoms with Crippen molar-refractivity contribution in [3.8, 4) is 0 Å². The highest BCUT2D eigenvalue weighted by Crippen LogP contribution is 2.06. The van der Waals surface area contributed by atoms with Gasteiger partial charge in [-0.2, -0.15) is 5.10 Å². The first-order valence-corrected chi connectivity index (χ1v) is 4.05. The molecule has 0 aliphatic carbocycles. The Kier molecular flexibility index (Phi) is 2.84. The van der Waals surface area contributed by atoms with Gasteiger partial charge in [-0.15, -0.1) is 0 Å². The summed E-state index contributed by atoms with van der Waals surface area (Å²) >= 11 is 0. The van der Waals surface area contributed by atoms with Crippen LogP contribution in [0.4, 0.5) is 0 Å². The molecular weight excluding hydrogens is 168 g/mol. The monoisotopic (exact) mass is 180 g/mol. The predicted molar refractivity (Wildman–Crippen MR) is 49.3 cm³/mol. The van der Waals surface area contributed by atoms with Gasteiger partial charge < -0.3 is 5.11 Å². The van der Waals surface area contributed by atoms with Crippen LogP contribution in [0.1, 0.15) is 25.5 Å². The Bertz CT molecular complexity index is 326. The molecule has 0 unspecified atom stereocenters. The quantitative estimate of drug-likeness (QED) is 0.718. The van der Waals surface area contributed by atoms with Gasteiger partial charge in [-0.3, -0.25) is 4.68 Å². The standard InChI is InChI=1S/C9H12N2O2/c1-7(2)11-6-8(5-10-11)3-4-9(12)13/h3-7H,1-2H3,(H,12,13)/b4-3+. The van der Waals surface area contributed by atoms with Crippen molar-refractivity contribution in [2.75, 3.05) is 0 Å². The number of carbonyl (C=O) groups is 1. The van der Waals surface area contributed by atoms with E-state index in [0.29, 0.717) is 6.04 Å². The molecule has 13 heavy (non-hydrogen) atoms. The number of rotatable bonds is 3. The fourth-order valence-corrected chi connectivity index (χ4v) is 0.889. The molecule has 1 heterocycles. The highest BCUT2D eigenvalue weighted by Gasteiger charge is 1.98. The molecule has 1 aromatic rings. The van der Waals surface area contributed by atoms with Gasteiger partial charge in [0.05, 0.1) is 6.20 Å². The molecular formula is C9H12N2O2. The summed E-state index contributed by atoms with van der Waals surface area (Å²) in [5.74, 6) is -0.947. The maximum absolute atomic E-state index is 10.2. The number of carboxylic acids is 1. The summed E-state index contributed by atoms with van der Waals surface area (Å²) in [6.45, 7) is 4.02. The maximum Gasteiger partial charge on any atom is 0.328 e. The van der Waals surface area contributed by atoms with Crippen LogP contribution in [0.15, 0.2) is 18.5 Å². The van der Waals surface area contributed by atoms with Gasteiger partial charge in [0.2, 0.25) is 0 Å².